The second-order valence-electron chi connectivity index (χ2n) is 7.14. The van der Waals surface area contributed by atoms with Crippen LogP contribution in [0.15, 0.2) is 69.9 Å². The molecule has 0 atom stereocenters. The number of carbonyl (C=O) groups excluding carboxylic acids is 1. The number of amides is 1. The van der Waals surface area contributed by atoms with Crippen LogP contribution in [0.2, 0.25) is 0 Å². The van der Waals surface area contributed by atoms with E-state index in [0.717, 1.165) is 5.56 Å². The average Bonchev–Trinajstić information content (AvgIpc) is 2.78. The third-order valence-corrected chi connectivity index (χ3v) is 5.02. The number of hydrogen-bond acceptors (Lipinski definition) is 6. The molecule has 3 aromatic carbocycles. The van der Waals surface area contributed by atoms with Gasteiger partial charge in [0.05, 0.1) is 19.8 Å². The smallest absolute Gasteiger partial charge is 0.221 e. The highest BCUT2D eigenvalue weighted by molar-refractivity contribution is 6.00. The van der Waals surface area contributed by atoms with Crippen molar-refractivity contribution >= 4 is 22.6 Å². The zero-order chi connectivity index (χ0) is 22.8. The molecule has 0 bridgehead atoms. The SMILES string of the molecule is COc1cc(OC)c2c(=O)cc(-c3ccc(O)cc3)oc2c1-c1ccc(NC(C)=O)cc1. The van der Waals surface area contributed by atoms with E-state index in [0.29, 0.717) is 39.7 Å². The molecular formula is C25H21NO6. The molecule has 4 rings (SSSR count). The second-order valence-corrected chi connectivity index (χ2v) is 7.14. The second kappa shape index (κ2) is 8.47. The highest BCUT2D eigenvalue weighted by Gasteiger charge is 2.21. The van der Waals surface area contributed by atoms with Crippen LogP contribution >= 0.6 is 0 Å². The molecule has 0 aliphatic rings. The van der Waals surface area contributed by atoms with E-state index in [4.69, 9.17) is 13.9 Å². The molecule has 2 N–H and O–H groups in total. The average molecular weight is 431 g/mol. The first kappa shape index (κ1) is 21.0. The Bertz CT molecular complexity index is 1350. The molecule has 0 aliphatic heterocycles. The van der Waals surface area contributed by atoms with Crippen LogP contribution in [-0.2, 0) is 4.79 Å². The number of phenols is 1. The minimum Gasteiger partial charge on any atom is -0.508 e. The van der Waals surface area contributed by atoms with E-state index in [9.17, 15) is 14.7 Å². The predicted octanol–water partition coefficient (Wildman–Crippen LogP) is 4.81. The standard InChI is InChI=1S/C25H21NO6/c1-14(27)26-17-8-4-16(5-9-17)23-21(30-2)13-22(31-3)24-19(29)12-20(32-25(23)24)15-6-10-18(28)11-7-15/h4-13,28H,1-3H3,(H,26,27). The van der Waals surface area contributed by atoms with Gasteiger partial charge >= 0.3 is 0 Å². The zero-order valence-corrected chi connectivity index (χ0v) is 17.8. The quantitative estimate of drug-likeness (QED) is 0.471. The fourth-order valence-electron chi connectivity index (χ4n) is 3.57. The van der Waals surface area contributed by atoms with E-state index < -0.39 is 0 Å². The Morgan fingerprint density at radius 2 is 1.53 bits per heavy atom. The third-order valence-electron chi connectivity index (χ3n) is 5.02. The molecule has 1 heterocycles. The molecule has 4 aromatic rings. The van der Waals surface area contributed by atoms with Crippen molar-refractivity contribution in [1.29, 1.82) is 0 Å². The van der Waals surface area contributed by atoms with Crippen molar-refractivity contribution in [3.05, 3.63) is 70.9 Å². The lowest BCUT2D eigenvalue weighted by atomic mass is 9.99. The maximum Gasteiger partial charge on any atom is 0.221 e. The zero-order valence-electron chi connectivity index (χ0n) is 17.8. The van der Waals surface area contributed by atoms with Crippen LogP contribution in [-0.4, -0.2) is 25.2 Å². The first-order chi connectivity index (χ1) is 15.4. The van der Waals surface area contributed by atoms with E-state index in [1.807, 2.05) is 12.1 Å². The first-order valence-corrected chi connectivity index (χ1v) is 9.81. The van der Waals surface area contributed by atoms with Gasteiger partial charge in [0.2, 0.25) is 5.91 Å². The number of carbonyl (C=O) groups is 1. The van der Waals surface area contributed by atoms with Crippen molar-refractivity contribution in [2.45, 2.75) is 6.92 Å². The lowest BCUT2D eigenvalue weighted by Crippen LogP contribution is -2.06. The number of hydrogen-bond donors (Lipinski definition) is 2. The van der Waals surface area contributed by atoms with Gasteiger partial charge in [0, 0.05) is 30.3 Å². The Labute approximate surface area is 183 Å². The number of ether oxygens (including phenoxy) is 2. The number of fused-ring (bicyclic) bond motifs is 1. The first-order valence-electron chi connectivity index (χ1n) is 9.81. The molecule has 0 fully saturated rings. The summed E-state index contributed by atoms with van der Waals surface area (Å²) in [6, 6.07) is 16.6. The molecule has 0 radical (unpaired) electrons. The summed E-state index contributed by atoms with van der Waals surface area (Å²) in [5, 5.41) is 12.6. The summed E-state index contributed by atoms with van der Waals surface area (Å²) in [5.41, 5.74) is 2.62. The predicted molar refractivity (Wildman–Crippen MR) is 122 cm³/mol. The summed E-state index contributed by atoms with van der Waals surface area (Å²) in [6.45, 7) is 1.44. The molecule has 1 amide bonds. The lowest BCUT2D eigenvalue weighted by molar-refractivity contribution is -0.114. The monoisotopic (exact) mass is 431 g/mol. The highest BCUT2D eigenvalue weighted by atomic mass is 16.5. The van der Waals surface area contributed by atoms with Gasteiger partial charge < -0.3 is 24.3 Å². The fraction of sp³-hybridized carbons (Fsp3) is 0.120. The van der Waals surface area contributed by atoms with Crippen molar-refractivity contribution in [2.75, 3.05) is 19.5 Å². The van der Waals surface area contributed by atoms with Gasteiger partial charge in [-0.25, -0.2) is 0 Å². The van der Waals surface area contributed by atoms with E-state index in [1.54, 1.807) is 30.3 Å². The molecule has 162 valence electrons. The Kier molecular flexibility index (Phi) is 5.55. The number of benzene rings is 3. The van der Waals surface area contributed by atoms with E-state index >= 15 is 0 Å². The largest absolute Gasteiger partial charge is 0.508 e. The van der Waals surface area contributed by atoms with Crippen LogP contribution in [0.5, 0.6) is 17.2 Å². The molecule has 0 aliphatic carbocycles. The number of aromatic hydroxyl groups is 1. The summed E-state index contributed by atoms with van der Waals surface area (Å²) < 4.78 is 17.3. The minimum absolute atomic E-state index is 0.111. The van der Waals surface area contributed by atoms with E-state index in [1.165, 1.54) is 39.3 Å². The van der Waals surface area contributed by atoms with E-state index in [2.05, 4.69) is 5.32 Å². The number of rotatable bonds is 5. The summed E-state index contributed by atoms with van der Waals surface area (Å²) in [7, 11) is 3.00. The van der Waals surface area contributed by atoms with Gasteiger partial charge in [-0.3, -0.25) is 9.59 Å². The van der Waals surface area contributed by atoms with Crippen molar-refractivity contribution in [3.63, 3.8) is 0 Å². The molecule has 7 heteroatoms. The number of nitrogens with one attached hydrogen (secondary N) is 1. The number of phenolic OH excluding ortho intramolecular Hbond substituents is 1. The van der Waals surface area contributed by atoms with Gasteiger partial charge in [0.15, 0.2) is 11.0 Å². The number of anilines is 1. The van der Waals surface area contributed by atoms with Crippen molar-refractivity contribution < 1.29 is 23.8 Å². The topological polar surface area (TPSA) is 98.0 Å². The number of methoxy groups -OCH3 is 2. The van der Waals surface area contributed by atoms with Crippen LogP contribution in [0, 0.1) is 0 Å². The van der Waals surface area contributed by atoms with Crippen LogP contribution in [0.3, 0.4) is 0 Å². The lowest BCUT2D eigenvalue weighted by Gasteiger charge is -2.15. The summed E-state index contributed by atoms with van der Waals surface area (Å²) >= 11 is 0. The molecular weight excluding hydrogens is 410 g/mol. The molecule has 32 heavy (non-hydrogen) atoms. The van der Waals surface area contributed by atoms with Crippen LogP contribution < -0.4 is 20.2 Å². The van der Waals surface area contributed by atoms with Gasteiger partial charge in [-0.15, -0.1) is 0 Å². The molecule has 0 saturated carbocycles. The van der Waals surface area contributed by atoms with Gasteiger partial charge in [-0.2, -0.15) is 0 Å². The normalized spacial score (nSPS) is 10.7. The summed E-state index contributed by atoms with van der Waals surface area (Å²) in [4.78, 5) is 24.4. The van der Waals surface area contributed by atoms with Crippen LogP contribution in [0.1, 0.15) is 6.92 Å². The van der Waals surface area contributed by atoms with Gasteiger partial charge in [-0.1, -0.05) is 12.1 Å². The Morgan fingerprint density at radius 3 is 2.12 bits per heavy atom. The Hall–Kier alpha value is -4.26. The van der Waals surface area contributed by atoms with Crippen molar-refractivity contribution in [1.82, 2.24) is 0 Å². The maximum atomic E-state index is 13.1. The molecule has 7 nitrogen and oxygen atoms in total. The Morgan fingerprint density at radius 1 is 0.906 bits per heavy atom. The maximum absolute atomic E-state index is 13.1. The fourth-order valence-corrected chi connectivity index (χ4v) is 3.57. The molecule has 0 spiro atoms. The van der Waals surface area contributed by atoms with Crippen molar-refractivity contribution in [2.24, 2.45) is 0 Å². The highest BCUT2D eigenvalue weighted by Crippen LogP contribution is 2.42. The molecule has 0 saturated heterocycles. The van der Waals surface area contributed by atoms with E-state index in [-0.39, 0.29) is 22.5 Å². The summed E-state index contributed by atoms with van der Waals surface area (Å²) in [6.07, 6.45) is 0. The van der Waals surface area contributed by atoms with Crippen LogP contribution in [0.4, 0.5) is 5.69 Å². The Balaban J connectivity index is 2.01. The van der Waals surface area contributed by atoms with Crippen LogP contribution in [0.25, 0.3) is 33.4 Å². The van der Waals surface area contributed by atoms with Gasteiger partial charge in [0.25, 0.3) is 0 Å². The van der Waals surface area contributed by atoms with Crippen molar-refractivity contribution in [3.8, 4) is 39.7 Å². The van der Waals surface area contributed by atoms with Gasteiger partial charge in [0.1, 0.15) is 28.4 Å². The molecule has 0 unspecified atom stereocenters. The third kappa shape index (κ3) is 3.88. The minimum atomic E-state index is -0.273. The summed E-state index contributed by atoms with van der Waals surface area (Å²) in [5.74, 6) is 1.08. The molecule has 1 aromatic heterocycles. The van der Waals surface area contributed by atoms with Gasteiger partial charge in [-0.05, 0) is 42.0 Å².